The quantitative estimate of drug-likeness (QED) is 0.830. The van der Waals surface area contributed by atoms with Gasteiger partial charge in [0.25, 0.3) is 0 Å². The zero-order valence-corrected chi connectivity index (χ0v) is 11.6. The van der Waals surface area contributed by atoms with E-state index in [1.165, 1.54) is 32.4 Å². The molecular formula is C13H24N2OS. The monoisotopic (exact) mass is 256 g/mol. The van der Waals surface area contributed by atoms with E-state index < -0.39 is 11.0 Å². The number of nitrogens with one attached hydrogen (secondary N) is 1. The molecule has 1 saturated carbocycles. The zero-order chi connectivity index (χ0) is 11.9. The summed E-state index contributed by atoms with van der Waals surface area (Å²) < 4.78 is 14.9. The van der Waals surface area contributed by atoms with Crippen LogP contribution in [0.15, 0.2) is 0 Å². The molecule has 0 amide bonds. The van der Waals surface area contributed by atoms with E-state index in [1.54, 1.807) is 0 Å². The zero-order valence-electron chi connectivity index (χ0n) is 10.8. The highest BCUT2D eigenvalue weighted by molar-refractivity contribution is 7.84. The number of hydrogen-bond donors (Lipinski definition) is 1. The molecule has 0 radical (unpaired) electrons. The van der Waals surface area contributed by atoms with E-state index in [0.717, 1.165) is 37.8 Å². The molecule has 1 aliphatic carbocycles. The second kappa shape index (κ2) is 4.63. The summed E-state index contributed by atoms with van der Waals surface area (Å²) in [6, 6.07) is 0. The van der Waals surface area contributed by atoms with Crippen LogP contribution in [0.2, 0.25) is 0 Å². The van der Waals surface area contributed by atoms with Crippen LogP contribution in [0.25, 0.3) is 0 Å². The lowest BCUT2D eigenvalue weighted by molar-refractivity contribution is 0.161. The van der Waals surface area contributed by atoms with Gasteiger partial charge >= 0.3 is 0 Å². The van der Waals surface area contributed by atoms with Crippen molar-refractivity contribution in [1.82, 2.24) is 9.62 Å². The highest BCUT2D eigenvalue weighted by Gasteiger charge is 2.42. The fourth-order valence-electron chi connectivity index (χ4n) is 3.32. The van der Waals surface area contributed by atoms with E-state index in [-0.39, 0.29) is 4.75 Å². The molecule has 2 saturated heterocycles. The molecule has 3 aliphatic rings. The Morgan fingerprint density at radius 1 is 1.18 bits per heavy atom. The average molecular weight is 256 g/mol. The second-order valence-corrected chi connectivity index (χ2v) is 8.24. The van der Waals surface area contributed by atoms with E-state index in [1.807, 2.05) is 0 Å². The maximum atomic E-state index is 12.5. The summed E-state index contributed by atoms with van der Waals surface area (Å²) in [6.45, 7) is 6.75. The molecule has 4 heteroatoms. The third-order valence-corrected chi connectivity index (χ3v) is 7.13. The molecule has 1 N–H and O–H groups in total. The molecule has 3 nitrogen and oxygen atoms in total. The molecule has 17 heavy (non-hydrogen) atoms. The fraction of sp³-hybridized carbons (Fsp3) is 1.00. The van der Waals surface area contributed by atoms with Gasteiger partial charge in [0.05, 0.1) is 4.75 Å². The molecule has 2 heterocycles. The topological polar surface area (TPSA) is 32.3 Å². The summed E-state index contributed by atoms with van der Waals surface area (Å²) in [4.78, 5) is 0. The maximum absolute atomic E-state index is 12.5. The van der Waals surface area contributed by atoms with Crippen molar-refractivity contribution in [2.45, 2.75) is 43.8 Å². The molecular weight excluding hydrogens is 232 g/mol. The van der Waals surface area contributed by atoms with E-state index in [4.69, 9.17) is 0 Å². The average Bonchev–Trinajstić information content (AvgIpc) is 2.24. The van der Waals surface area contributed by atoms with E-state index in [9.17, 15) is 4.21 Å². The summed E-state index contributed by atoms with van der Waals surface area (Å²) in [5.41, 5.74) is 0. The van der Waals surface area contributed by atoms with Crippen molar-refractivity contribution in [2.75, 3.05) is 26.2 Å². The van der Waals surface area contributed by atoms with Crippen LogP contribution in [0.3, 0.4) is 0 Å². The SMILES string of the molecule is CC1(S(=O)N2CCC(C3CNC3)CC2)CCC1. The standard InChI is InChI=1S/C13H24N2OS/c1-13(5-2-6-13)17(16)15-7-3-11(4-8-15)12-9-14-10-12/h11-12,14H,2-10H2,1H3. The Labute approximate surface area is 107 Å². The fourth-order valence-corrected chi connectivity index (χ4v) is 5.12. The van der Waals surface area contributed by atoms with Crippen molar-refractivity contribution in [3.8, 4) is 0 Å². The van der Waals surface area contributed by atoms with Crippen LogP contribution in [0.1, 0.15) is 39.0 Å². The molecule has 3 fully saturated rings. The molecule has 0 aromatic carbocycles. The molecule has 98 valence electrons. The van der Waals surface area contributed by atoms with Crippen molar-refractivity contribution < 1.29 is 4.21 Å². The molecule has 0 aromatic rings. The van der Waals surface area contributed by atoms with Crippen LogP contribution in [0.5, 0.6) is 0 Å². The molecule has 0 spiro atoms. The van der Waals surface area contributed by atoms with Crippen molar-refractivity contribution >= 4 is 11.0 Å². The number of hydrogen-bond acceptors (Lipinski definition) is 2. The first-order chi connectivity index (χ1) is 8.19. The smallest absolute Gasteiger partial charge is 0.100 e. The largest absolute Gasteiger partial charge is 0.316 e. The van der Waals surface area contributed by atoms with Crippen LogP contribution in [-0.4, -0.2) is 39.4 Å². The first-order valence-electron chi connectivity index (χ1n) is 7.07. The lowest BCUT2D eigenvalue weighted by atomic mass is 9.81. The third kappa shape index (κ3) is 2.20. The maximum Gasteiger partial charge on any atom is 0.100 e. The number of piperidine rings is 1. The summed E-state index contributed by atoms with van der Waals surface area (Å²) >= 11 is 0. The molecule has 1 atom stereocenters. The van der Waals surface area contributed by atoms with Crippen molar-refractivity contribution in [1.29, 1.82) is 0 Å². The Hall–Kier alpha value is 0.0700. The van der Waals surface area contributed by atoms with Crippen LogP contribution >= 0.6 is 0 Å². The summed E-state index contributed by atoms with van der Waals surface area (Å²) in [5, 5.41) is 3.36. The van der Waals surface area contributed by atoms with Gasteiger partial charge in [-0.15, -0.1) is 0 Å². The Kier molecular flexibility index (Phi) is 3.30. The molecule has 2 aliphatic heterocycles. The highest BCUT2D eigenvalue weighted by atomic mass is 32.2. The molecule has 1 unspecified atom stereocenters. The van der Waals surface area contributed by atoms with Gasteiger partial charge in [0.2, 0.25) is 0 Å². The first kappa shape index (κ1) is 12.1. The van der Waals surface area contributed by atoms with Gasteiger partial charge in [-0.25, -0.2) is 8.51 Å². The van der Waals surface area contributed by atoms with Gasteiger partial charge in [-0.05, 0) is 57.5 Å². The second-order valence-electron chi connectivity index (χ2n) is 6.24. The molecule has 3 rings (SSSR count). The van der Waals surface area contributed by atoms with E-state index >= 15 is 0 Å². The lowest BCUT2D eigenvalue weighted by Gasteiger charge is -2.44. The third-order valence-electron chi connectivity index (χ3n) is 5.05. The van der Waals surface area contributed by atoms with E-state index in [0.29, 0.717) is 0 Å². The first-order valence-corrected chi connectivity index (χ1v) is 8.17. The normalized spacial score (nSPS) is 32.8. The van der Waals surface area contributed by atoms with E-state index in [2.05, 4.69) is 16.5 Å². The van der Waals surface area contributed by atoms with Gasteiger partial charge in [-0.3, -0.25) is 0 Å². The Balaban J connectivity index is 1.52. The Bertz CT molecular complexity index is 305. The van der Waals surface area contributed by atoms with Crippen LogP contribution in [0, 0.1) is 11.8 Å². The highest BCUT2D eigenvalue weighted by Crippen LogP contribution is 2.39. The van der Waals surface area contributed by atoms with Gasteiger partial charge in [0.15, 0.2) is 0 Å². The summed E-state index contributed by atoms with van der Waals surface area (Å²) in [5.74, 6) is 1.79. The van der Waals surface area contributed by atoms with Crippen LogP contribution in [-0.2, 0) is 11.0 Å². The lowest BCUT2D eigenvalue weighted by Crippen LogP contribution is -2.52. The van der Waals surface area contributed by atoms with Gasteiger partial charge in [-0.1, -0.05) is 6.42 Å². The minimum atomic E-state index is -0.724. The van der Waals surface area contributed by atoms with Crippen LogP contribution in [0.4, 0.5) is 0 Å². The Morgan fingerprint density at radius 2 is 1.82 bits per heavy atom. The summed E-state index contributed by atoms with van der Waals surface area (Å²) in [6.07, 6.45) is 6.10. The minimum Gasteiger partial charge on any atom is -0.316 e. The van der Waals surface area contributed by atoms with Crippen molar-refractivity contribution in [3.63, 3.8) is 0 Å². The summed E-state index contributed by atoms with van der Waals surface area (Å²) in [7, 11) is -0.724. The van der Waals surface area contributed by atoms with Crippen molar-refractivity contribution in [2.24, 2.45) is 11.8 Å². The predicted octanol–water partition coefficient (Wildman–Crippen LogP) is 1.52. The Morgan fingerprint density at radius 3 is 2.24 bits per heavy atom. The minimum absolute atomic E-state index is 0.116. The van der Waals surface area contributed by atoms with Gasteiger partial charge < -0.3 is 5.32 Å². The predicted molar refractivity (Wildman–Crippen MR) is 71.1 cm³/mol. The van der Waals surface area contributed by atoms with Gasteiger partial charge in [0, 0.05) is 13.1 Å². The number of rotatable bonds is 3. The number of nitrogens with zero attached hydrogens (tertiary/aromatic N) is 1. The van der Waals surface area contributed by atoms with Crippen LogP contribution < -0.4 is 5.32 Å². The van der Waals surface area contributed by atoms with Gasteiger partial charge in [-0.2, -0.15) is 0 Å². The van der Waals surface area contributed by atoms with Crippen molar-refractivity contribution in [3.05, 3.63) is 0 Å². The molecule has 0 aromatic heterocycles. The van der Waals surface area contributed by atoms with Gasteiger partial charge in [0.1, 0.15) is 11.0 Å². The molecule has 0 bridgehead atoms.